The first-order chi connectivity index (χ1) is 9.27. The molecule has 0 radical (unpaired) electrons. The SMILES string of the molecule is CCN(CC)C(=O)c1[c-]cccc1-c1ccccc1.[Li+]. The van der Waals surface area contributed by atoms with E-state index in [0.29, 0.717) is 18.7 Å². The summed E-state index contributed by atoms with van der Waals surface area (Å²) < 4.78 is 0. The van der Waals surface area contributed by atoms with Gasteiger partial charge in [0.2, 0.25) is 0 Å². The molecule has 0 aliphatic carbocycles. The van der Waals surface area contributed by atoms with Crippen molar-refractivity contribution in [1.82, 2.24) is 4.90 Å². The van der Waals surface area contributed by atoms with Gasteiger partial charge in [-0.3, -0.25) is 0 Å². The van der Waals surface area contributed by atoms with Crippen LogP contribution in [-0.4, -0.2) is 23.9 Å². The Bertz CT molecular complexity index is 550. The van der Waals surface area contributed by atoms with Crippen molar-refractivity contribution in [2.75, 3.05) is 13.1 Å². The maximum atomic E-state index is 12.5. The fourth-order valence-corrected chi connectivity index (χ4v) is 2.14. The number of carbonyl (C=O) groups excluding carboxylic acids is 1. The van der Waals surface area contributed by atoms with E-state index in [0.717, 1.165) is 11.1 Å². The molecule has 0 saturated heterocycles. The smallest absolute Gasteiger partial charge is 0.379 e. The molecule has 0 aliphatic rings. The summed E-state index contributed by atoms with van der Waals surface area (Å²) in [5, 5.41) is 0. The van der Waals surface area contributed by atoms with Crippen LogP contribution in [0.1, 0.15) is 24.2 Å². The first-order valence-electron chi connectivity index (χ1n) is 6.63. The van der Waals surface area contributed by atoms with Crippen LogP contribution < -0.4 is 18.9 Å². The van der Waals surface area contributed by atoms with E-state index in [1.165, 1.54) is 0 Å². The monoisotopic (exact) mass is 259 g/mol. The Balaban J connectivity index is 0.00000200. The summed E-state index contributed by atoms with van der Waals surface area (Å²) in [5.41, 5.74) is 2.65. The molecular weight excluding hydrogens is 241 g/mol. The zero-order valence-corrected chi connectivity index (χ0v) is 12.4. The topological polar surface area (TPSA) is 20.3 Å². The first kappa shape index (κ1) is 16.6. The molecule has 98 valence electrons. The van der Waals surface area contributed by atoms with Gasteiger partial charge in [-0.1, -0.05) is 47.0 Å². The maximum absolute atomic E-state index is 12.5. The Morgan fingerprint density at radius 3 is 2.30 bits per heavy atom. The van der Waals surface area contributed by atoms with Crippen LogP contribution in [-0.2, 0) is 0 Å². The number of amides is 1. The van der Waals surface area contributed by atoms with Crippen molar-refractivity contribution in [2.24, 2.45) is 0 Å². The Kier molecular flexibility index (Phi) is 6.58. The van der Waals surface area contributed by atoms with Crippen LogP contribution in [0.15, 0.2) is 48.5 Å². The molecule has 20 heavy (non-hydrogen) atoms. The van der Waals surface area contributed by atoms with Crippen LogP contribution in [0.5, 0.6) is 0 Å². The molecule has 1 amide bonds. The van der Waals surface area contributed by atoms with Crippen LogP contribution >= 0.6 is 0 Å². The van der Waals surface area contributed by atoms with Crippen molar-refractivity contribution in [3.05, 3.63) is 60.2 Å². The van der Waals surface area contributed by atoms with Gasteiger partial charge in [-0.15, -0.1) is 24.3 Å². The van der Waals surface area contributed by atoms with Crippen molar-refractivity contribution < 1.29 is 23.7 Å². The molecule has 2 rings (SSSR count). The van der Waals surface area contributed by atoms with Gasteiger partial charge in [0.25, 0.3) is 0 Å². The third-order valence-corrected chi connectivity index (χ3v) is 3.21. The summed E-state index contributed by atoms with van der Waals surface area (Å²) >= 11 is 0. The molecule has 2 nitrogen and oxygen atoms in total. The van der Waals surface area contributed by atoms with Crippen LogP contribution in [0.25, 0.3) is 11.1 Å². The predicted octanol–water partition coefficient (Wildman–Crippen LogP) is 0.640. The molecule has 3 heteroatoms. The van der Waals surface area contributed by atoms with E-state index in [4.69, 9.17) is 0 Å². The largest absolute Gasteiger partial charge is 1.00 e. The molecule has 0 aromatic heterocycles. The van der Waals surface area contributed by atoms with E-state index in [9.17, 15) is 4.79 Å². The average molecular weight is 259 g/mol. The first-order valence-corrected chi connectivity index (χ1v) is 6.63. The van der Waals surface area contributed by atoms with Crippen molar-refractivity contribution in [3.63, 3.8) is 0 Å². The molecule has 0 fully saturated rings. The average Bonchev–Trinajstić information content (AvgIpc) is 2.49. The van der Waals surface area contributed by atoms with Crippen molar-refractivity contribution in [2.45, 2.75) is 13.8 Å². The summed E-state index contributed by atoms with van der Waals surface area (Å²) in [6.45, 7) is 5.41. The van der Waals surface area contributed by atoms with Gasteiger partial charge in [0.1, 0.15) is 0 Å². The van der Waals surface area contributed by atoms with Gasteiger partial charge < -0.3 is 9.69 Å². The molecule has 0 saturated carbocycles. The van der Waals surface area contributed by atoms with Crippen LogP contribution in [0.4, 0.5) is 0 Å². The number of benzene rings is 2. The van der Waals surface area contributed by atoms with Crippen LogP contribution in [0.2, 0.25) is 0 Å². The molecule has 2 aromatic carbocycles. The molecule has 0 bridgehead atoms. The molecule has 0 N–H and O–H groups in total. The Morgan fingerprint density at radius 2 is 1.70 bits per heavy atom. The third kappa shape index (κ3) is 3.54. The Morgan fingerprint density at radius 1 is 1.05 bits per heavy atom. The second-order valence-corrected chi connectivity index (χ2v) is 4.30. The fraction of sp³-hybridized carbons (Fsp3) is 0.235. The van der Waals surface area contributed by atoms with Gasteiger partial charge in [-0.05, 0) is 13.8 Å². The number of carbonyl (C=O) groups is 1. The minimum Gasteiger partial charge on any atom is -0.379 e. The number of nitrogens with zero attached hydrogens (tertiary/aromatic N) is 1. The fourth-order valence-electron chi connectivity index (χ4n) is 2.14. The minimum absolute atomic E-state index is 0. The Labute approximate surface area is 133 Å². The molecule has 2 aromatic rings. The molecule has 0 spiro atoms. The van der Waals surface area contributed by atoms with Crippen LogP contribution in [0, 0.1) is 6.07 Å². The summed E-state index contributed by atoms with van der Waals surface area (Å²) in [7, 11) is 0. The van der Waals surface area contributed by atoms with E-state index < -0.39 is 0 Å². The van der Waals surface area contributed by atoms with E-state index in [-0.39, 0.29) is 24.8 Å². The van der Waals surface area contributed by atoms with Gasteiger partial charge >= 0.3 is 18.9 Å². The van der Waals surface area contributed by atoms with Gasteiger partial charge in [0.15, 0.2) is 5.91 Å². The zero-order chi connectivity index (χ0) is 13.7. The second kappa shape index (κ2) is 7.94. The predicted molar refractivity (Wildman–Crippen MR) is 78.0 cm³/mol. The third-order valence-electron chi connectivity index (χ3n) is 3.21. The van der Waals surface area contributed by atoms with E-state index in [1.807, 2.05) is 61.2 Å². The van der Waals surface area contributed by atoms with Gasteiger partial charge in [-0.2, -0.15) is 0 Å². The van der Waals surface area contributed by atoms with Gasteiger partial charge in [0, 0.05) is 13.1 Å². The summed E-state index contributed by atoms with van der Waals surface area (Å²) in [5.74, 6) is 0.0458. The minimum atomic E-state index is 0. The quantitative estimate of drug-likeness (QED) is 0.583. The summed E-state index contributed by atoms with van der Waals surface area (Å²) in [4.78, 5) is 14.3. The zero-order valence-electron chi connectivity index (χ0n) is 12.4. The standard InChI is InChI=1S/C17H18NO.Li/c1-3-18(4-2)17(19)16-13-9-8-12-15(16)14-10-6-5-7-11-14;/h5-12H,3-4H2,1-2H3;/q-1;+1. The van der Waals surface area contributed by atoms with Gasteiger partial charge in [0.05, 0.1) is 0 Å². The number of hydrogen-bond acceptors (Lipinski definition) is 1. The summed E-state index contributed by atoms with van der Waals surface area (Å²) in [6.07, 6.45) is 0. The van der Waals surface area contributed by atoms with E-state index in [1.54, 1.807) is 6.07 Å². The molecule has 0 atom stereocenters. The normalized spacial score (nSPS) is 9.70. The second-order valence-electron chi connectivity index (χ2n) is 4.30. The van der Waals surface area contributed by atoms with Crippen molar-refractivity contribution >= 4 is 5.91 Å². The van der Waals surface area contributed by atoms with Crippen molar-refractivity contribution in [3.8, 4) is 11.1 Å². The van der Waals surface area contributed by atoms with E-state index in [2.05, 4.69) is 6.07 Å². The van der Waals surface area contributed by atoms with Crippen LogP contribution in [0.3, 0.4) is 0 Å². The van der Waals surface area contributed by atoms with E-state index >= 15 is 0 Å². The molecule has 0 unspecified atom stereocenters. The van der Waals surface area contributed by atoms with Crippen molar-refractivity contribution in [1.29, 1.82) is 0 Å². The maximum Gasteiger partial charge on any atom is 1.00 e. The van der Waals surface area contributed by atoms with Gasteiger partial charge in [-0.25, -0.2) is 0 Å². The molecule has 0 aliphatic heterocycles. The molecule has 0 heterocycles. The number of rotatable bonds is 4. The molecular formula is C17H18LiNO. The Hall–Kier alpha value is -1.49. The summed E-state index contributed by atoms with van der Waals surface area (Å²) in [6, 6.07) is 18.7. The number of hydrogen-bond donors (Lipinski definition) is 0.